The zero-order valence-electron chi connectivity index (χ0n) is 11.5. The fourth-order valence-electron chi connectivity index (χ4n) is 2.04. The Hall–Kier alpha value is -0.670. The van der Waals surface area contributed by atoms with E-state index < -0.39 is 13.0 Å². The van der Waals surface area contributed by atoms with E-state index in [2.05, 4.69) is 26.0 Å². The first-order valence-corrected chi connectivity index (χ1v) is 7.13. The molecule has 1 unspecified atom stereocenters. The number of ether oxygens (including phenoxy) is 1. The maximum Gasteiger partial charge on any atom is 0.261 e. The number of rotatable bonds is 8. The normalized spacial score (nSPS) is 12.9. The van der Waals surface area contributed by atoms with E-state index in [1.165, 1.54) is 11.1 Å². The number of hydrogen-bond donors (Lipinski definition) is 0. The van der Waals surface area contributed by atoms with Crippen LogP contribution >= 0.6 is 11.6 Å². The summed E-state index contributed by atoms with van der Waals surface area (Å²) in [7, 11) is 0. The molecule has 1 aromatic rings. The van der Waals surface area contributed by atoms with E-state index in [1.807, 2.05) is 6.07 Å². The van der Waals surface area contributed by atoms with Crippen LogP contribution in [0, 0.1) is 0 Å². The molecule has 0 aliphatic rings. The van der Waals surface area contributed by atoms with Gasteiger partial charge in [0.2, 0.25) is 0 Å². The number of benzene rings is 1. The Bertz CT molecular complexity index is 382. The van der Waals surface area contributed by atoms with E-state index in [0.717, 1.165) is 18.4 Å². The van der Waals surface area contributed by atoms with Gasteiger partial charge in [-0.3, -0.25) is 0 Å². The predicted octanol–water partition coefficient (Wildman–Crippen LogP) is 4.76. The Morgan fingerprint density at radius 1 is 1.16 bits per heavy atom. The van der Waals surface area contributed by atoms with Gasteiger partial charge in [0.05, 0.1) is 5.38 Å². The molecule has 0 saturated heterocycles. The molecule has 1 aromatic carbocycles. The van der Waals surface area contributed by atoms with Gasteiger partial charge in [-0.25, -0.2) is 8.78 Å². The fraction of sp³-hybridized carbons (Fsp3) is 0.600. The van der Waals surface area contributed by atoms with Crippen molar-refractivity contribution in [2.75, 3.05) is 13.2 Å². The highest BCUT2D eigenvalue weighted by atomic mass is 35.5. The van der Waals surface area contributed by atoms with Crippen LogP contribution in [0.15, 0.2) is 18.2 Å². The maximum absolute atomic E-state index is 11.9. The molecule has 4 heteroatoms. The smallest absolute Gasteiger partial charge is 0.261 e. The second kappa shape index (κ2) is 8.49. The maximum atomic E-state index is 11.9. The molecule has 0 saturated carbocycles. The van der Waals surface area contributed by atoms with Crippen molar-refractivity contribution < 1.29 is 13.5 Å². The summed E-state index contributed by atoms with van der Waals surface area (Å²) in [6.45, 7) is 3.99. The molecule has 0 spiro atoms. The van der Waals surface area contributed by atoms with Gasteiger partial charge >= 0.3 is 0 Å². The molecule has 0 aliphatic heterocycles. The molecule has 108 valence electrons. The van der Waals surface area contributed by atoms with E-state index in [1.54, 1.807) is 0 Å². The van der Waals surface area contributed by atoms with Gasteiger partial charge in [0, 0.05) is 6.61 Å². The van der Waals surface area contributed by atoms with Crippen LogP contribution in [0.1, 0.15) is 42.3 Å². The van der Waals surface area contributed by atoms with Crippen molar-refractivity contribution in [3.63, 3.8) is 0 Å². The molecule has 0 amide bonds. The van der Waals surface area contributed by atoms with Crippen molar-refractivity contribution in [1.29, 1.82) is 0 Å². The largest absolute Gasteiger partial charge is 0.375 e. The molecule has 0 bridgehead atoms. The minimum Gasteiger partial charge on any atom is -0.375 e. The molecule has 0 heterocycles. The molecular weight excluding hydrogens is 270 g/mol. The number of halogens is 3. The second-order valence-corrected chi connectivity index (χ2v) is 4.98. The van der Waals surface area contributed by atoms with Gasteiger partial charge in [-0.05, 0) is 36.0 Å². The minimum atomic E-state index is -2.41. The highest BCUT2D eigenvalue weighted by Crippen LogP contribution is 2.26. The first kappa shape index (κ1) is 16.4. The summed E-state index contributed by atoms with van der Waals surface area (Å²) < 4.78 is 28.7. The Morgan fingerprint density at radius 3 is 2.42 bits per heavy atom. The van der Waals surface area contributed by atoms with Gasteiger partial charge in [0.1, 0.15) is 6.61 Å². The monoisotopic (exact) mass is 290 g/mol. The van der Waals surface area contributed by atoms with Gasteiger partial charge < -0.3 is 4.74 Å². The van der Waals surface area contributed by atoms with E-state index in [9.17, 15) is 8.78 Å². The van der Waals surface area contributed by atoms with Crippen molar-refractivity contribution >= 4 is 11.6 Å². The number of alkyl halides is 3. The Balaban J connectivity index is 2.54. The van der Waals surface area contributed by atoms with Gasteiger partial charge in [0.25, 0.3) is 6.43 Å². The highest BCUT2D eigenvalue weighted by molar-refractivity contribution is 6.20. The third-order valence-electron chi connectivity index (χ3n) is 3.11. The summed E-state index contributed by atoms with van der Waals surface area (Å²) in [6, 6.07) is 6.23. The first-order chi connectivity index (χ1) is 9.08. The van der Waals surface area contributed by atoms with Gasteiger partial charge in [0.15, 0.2) is 0 Å². The number of aryl methyl sites for hydroxylation is 2. The first-order valence-electron chi connectivity index (χ1n) is 6.70. The SMILES string of the molecule is CCc1ccc(C(Cl)CCOCC(F)F)cc1CC. The van der Waals surface area contributed by atoms with Crippen molar-refractivity contribution in [1.82, 2.24) is 0 Å². The minimum absolute atomic E-state index is 0.186. The fourth-order valence-corrected chi connectivity index (χ4v) is 2.27. The topological polar surface area (TPSA) is 9.23 Å². The number of hydrogen-bond acceptors (Lipinski definition) is 1. The predicted molar refractivity (Wildman–Crippen MR) is 75.2 cm³/mol. The lowest BCUT2D eigenvalue weighted by molar-refractivity contribution is 0.0165. The Labute approximate surface area is 118 Å². The van der Waals surface area contributed by atoms with Crippen molar-refractivity contribution in [2.45, 2.75) is 44.9 Å². The van der Waals surface area contributed by atoms with E-state index in [4.69, 9.17) is 16.3 Å². The van der Waals surface area contributed by atoms with Crippen molar-refractivity contribution in [2.24, 2.45) is 0 Å². The summed E-state index contributed by atoms with van der Waals surface area (Å²) in [5, 5.41) is -0.186. The quantitative estimate of drug-likeness (QED) is 0.495. The van der Waals surface area contributed by atoms with Crippen LogP contribution in [0.2, 0.25) is 0 Å². The lowest BCUT2D eigenvalue weighted by Crippen LogP contribution is -2.07. The van der Waals surface area contributed by atoms with Crippen LogP contribution in [-0.4, -0.2) is 19.6 Å². The summed E-state index contributed by atoms with van der Waals surface area (Å²) in [4.78, 5) is 0. The third-order valence-corrected chi connectivity index (χ3v) is 3.58. The molecule has 0 aliphatic carbocycles. The zero-order valence-corrected chi connectivity index (χ0v) is 12.2. The van der Waals surface area contributed by atoms with Crippen LogP contribution in [0.25, 0.3) is 0 Å². The van der Waals surface area contributed by atoms with Crippen LogP contribution in [0.5, 0.6) is 0 Å². The summed E-state index contributed by atoms with van der Waals surface area (Å²) in [6.07, 6.45) is 0.114. The van der Waals surface area contributed by atoms with Crippen LogP contribution < -0.4 is 0 Å². The lowest BCUT2D eigenvalue weighted by Gasteiger charge is -2.13. The summed E-state index contributed by atoms with van der Waals surface area (Å²) >= 11 is 6.28. The molecule has 0 radical (unpaired) electrons. The third kappa shape index (κ3) is 5.45. The summed E-state index contributed by atoms with van der Waals surface area (Å²) in [5.74, 6) is 0. The van der Waals surface area contributed by atoms with Gasteiger partial charge in [-0.2, -0.15) is 0 Å². The lowest BCUT2D eigenvalue weighted by atomic mass is 9.98. The van der Waals surface area contributed by atoms with E-state index in [-0.39, 0.29) is 12.0 Å². The zero-order chi connectivity index (χ0) is 14.3. The van der Waals surface area contributed by atoms with Crippen LogP contribution in [-0.2, 0) is 17.6 Å². The molecule has 0 aromatic heterocycles. The van der Waals surface area contributed by atoms with Crippen LogP contribution in [0.4, 0.5) is 8.78 Å². The molecule has 19 heavy (non-hydrogen) atoms. The Kier molecular flexibility index (Phi) is 7.32. The van der Waals surface area contributed by atoms with E-state index >= 15 is 0 Å². The molecule has 1 rings (SSSR count). The molecule has 0 N–H and O–H groups in total. The standard InChI is InChI=1S/C15H21ClF2O/c1-3-11-5-6-13(9-12(11)4-2)14(16)7-8-19-10-15(17)18/h5-6,9,14-15H,3-4,7-8,10H2,1-2H3. The average molecular weight is 291 g/mol. The van der Waals surface area contributed by atoms with Crippen molar-refractivity contribution in [3.8, 4) is 0 Å². The second-order valence-electron chi connectivity index (χ2n) is 4.46. The highest BCUT2D eigenvalue weighted by Gasteiger charge is 2.11. The molecule has 1 atom stereocenters. The average Bonchev–Trinajstić information content (AvgIpc) is 2.42. The summed E-state index contributed by atoms with van der Waals surface area (Å²) in [5.41, 5.74) is 3.68. The Morgan fingerprint density at radius 2 is 1.84 bits per heavy atom. The van der Waals surface area contributed by atoms with Gasteiger partial charge in [-0.1, -0.05) is 32.0 Å². The van der Waals surface area contributed by atoms with Gasteiger partial charge in [-0.15, -0.1) is 11.6 Å². The van der Waals surface area contributed by atoms with Crippen LogP contribution in [0.3, 0.4) is 0 Å². The molecule has 1 nitrogen and oxygen atoms in total. The van der Waals surface area contributed by atoms with E-state index in [0.29, 0.717) is 6.42 Å². The van der Waals surface area contributed by atoms with Crippen molar-refractivity contribution in [3.05, 3.63) is 34.9 Å². The molecular formula is C15H21ClF2O. The molecule has 0 fully saturated rings.